The molecular formula is C27H21N9OS. The van der Waals surface area contributed by atoms with Crippen LogP contribution in [-0.2, 0) is 0 Å². The molecule has 186 valence electrons. The highest BCUT2D eigenvalue weighted by molar-refractivity contribution is 7.80. The molecule has 11 heteroatoms. The van der Waals surface area contributed by atoms with E-state index in [9.17, 15) is 4.79 Å². The third kappa shape index (κ3) is 3.33. The van der Waals surface area contributed by atoms with E-state index in [2.05, 4.69) is 10.4 Å². The molecular weight excluding hydrogens is 498 g/mol. The Morgan fingerprint density at radius 2 is 1.50 bits per heavy atom. The smallest absolute Gasteiger partial charge is 0.286 e. The number of nitrogens with zero attached hydrogens (tertiary/aromatic N) is 7. The zero-order valence-electron chi connectivity index (χ0n) is 19.9. The number of hydrazine groups is 1. The van der Waals surface area contributed by atoms with Crippen LogP contribution in [0.4, 0.5) is 11.6 Å². The van der Waals surface area contributed by atoms with E-state index in [1.165, 1.54) is 15.9 Å². The third-order valence-corrected chi connectivity index (χ3v) is 7.06. The van der Waals surface area contributed by atoms with Gasteiger partial charge in [0.25, 0.3) is 5.56 Å². The summed E-state index contributed by atoms with van der Waals surface area (Å²) in [6, 6.07) is 28.1. The normalized spacial score (nSPS) is 18.6. The van der Waals surface area contributed by atoms with Crippen molar-refractivity contribution < 1.29 is 0 Å². The van der Waals surface area contributed by atoms with E-state index < -0.39 is 12.1 Å². The molecule has 5 aromatic rings. The molecule has 0 aliphatic carbocycles. The number of nitrogens with one attached hydrogen (secondary N) is 1. The fourth-order valence-corrected chi connectivity index (χ4v) is 5.34. The highest BCUT2D eigenvalue weighted by atomic mass is 32.1. The lowest BCUT2D eigenvalue weighted by atomic mass is 9.98. The van der Waals surface area contributed by atoms with Crippen molar-refractivity contribution in [3.05, 3.63) is 113 Å². The highest BCUT2D eigenvalue weighted by Gasteiger charge is 2.45. The first-order chi connectivity index (χ1) is 18.6. The van der Waals surface area contributed by atoms with E-state index in [4.69, 9.17) is 28.1 Å². The number of nitrogens with two attached hydrogens (primary N) is 1. The predicted molar refractivity (Wildman–Crippen MR) is 150 cm³/mol. The maximum absolute atomic E-state index is 13.9. The maximum atomic E-state index is 13.9. The number of para-hydroxylation sites is 2. The molecule has 3 aromatic carbocycles. The number of fused-ring (bicyclic) bond motifs is 3. The Hall–Kier alpha value is -4.87. The summed E-state index contributed by atoms with van der Waals surface area (Å²) in [5, 5.41) is 15.0. The average molecular weight is 520 g/mol. The number of thiocarbonyl (C=S) groups is 1. The minimum Gasteiger partial charge on any atom is -0.349 e. The second kappa shape index (κ2) is 8.61. The molecule has 4 heterocycles. The molecule has 0 amide bonds. The molecule has 38 heavy (non-hydrogen) atoms. The van der Waals surface area contributed by atoms with Crippen molar-refractivity contribution in [2.75, 3.05) is 9.91 Å². The quantitative estimate of drug-likeness (QED) is 0.277. The first-order valence-corrected chi connectivity index (χ1v) is 12.4. The third-order valence-electron chi connectivity index (χ3n) is 6.76. The van der Waals surface area contributed by atoms with Crippen LogP contribution < -0.4 is 26.6 Å². The lowest BCUT2D eigenvalue weighted by Crippen LogP contribution is -2.48. The monoisotopic (exact) mass is 519 g/mol. The molecule has 3 N–H and O–H groups in total. The van der Waals surface area contributed by atoms with Gasteiger partial charge in [0.15, 0.2) is 16.6 Å². The Morgan fingerprint density at radius 1 is 0.868 bits per heavy atom. The van der Waals surface area contributed by atoms with Crippen molar-refractivity contribution in [1.82, 2.24) is 24.8 Å². The Kier molecular flexibility index (Phi) is 5.06. The summed E-state index contributed by atoms with van der Waals surface area (Å²) < 4.78 is 2.88. The van der Waals surface area contributed by atoms with Gasteiger partial charge in [0.05, 0.1) is 11.9 Å². The topological polar surface area (TPSA) is 110 Å². The Bertz CT molecular complexity index is 1770. The van der Waals surface area contributed by atoms with Crippen LogP contribution in [0.3, 0.4) is 0 Å². The molecule has 0 spiro atoms. The first kappa shape index (κ1) is 22.3. The van der Waals surface area contributed by atoms with E-state index in [0.717, 1.165) is 16.9 Å². The number of benzene rings is 3. The van der Waals surface area contributed by atoms with Crippen LogP contribution in [0.1, 0.15) is 11.6 Å². The van der Waals surface area contributed by atoms with Crippen molar-refractivity contribution in [2.24, 2.45) is 10.9 Å². The van der Waals surface area contributed by atoms with Crippen molar-refractivity contribution in [3.8, 4) is 5.69 Å². The molecule has 10 nitrogen and oxygen atoms in total. The number of amidine groups is 1. The van der Waals surface area contributed by atoms with E-state index in [-0.39, 0.29) is 11.5 Å². The second-order valence-electron chi connectivity index (χ2n) is 8.98. The Morgan fingerprint density at radius 3 is 2.18 bits per heavy atom. The van der Waals surface area contributed by atoms with Crippen LogP contribution in [-0.4, -0.2) is 36.4 Å². The predicted octanol–water partition coefficient (Wildman–Crippen LogP) is 2.94. The van der Waals surface area contributed by atoms with Crippen LogP contribution in [0.25, 0.3) is 16.7 Å². The van der Waals surface area contributed by atoms with Crippen LogP contribution in [0.2, 0.25) is 0 Å². The van der Waals surface area contributed by atoms with Gasteiger partial charge < -0.3 is 5.32 Å². The molecule has 0 radical (unpaired) electrons. The molecule has 2 aromatic heterocycles. The molecule has 7 rings (SSSR count). The zero-order chi connectivity index (χ0) is 25.8. The van der Waals surface area contributed by atoms with Crippen LogP contribution in [0, 0.1) is 0 Å². The fraction of sp³-hybridized carbons (Fsp3) is 0.0741. The SMILES string of the molecule is NN1c2nc3c(cnn3-c3ccccc3)c(=O)n2N=C2C(NC(=S)N2c2ccccc2)C1c1ccccc1. The lowest BCUT2D eigenvalue weighted by Gasteiger charge is -2.30. The summed E-state index contributed by atoms with van der Waals surface area (Å²) in [5.74, 6) is 7.57. The van der Waals surface area contributed by atoms with E-state index in [0.29, 0.717) is 22.0 Å². The number of anilines is 2. The van der Waals surface area contributed by atoms with Gasteiger partial charge in [-0.05, 0) is 42.0 Å². The van der Waals surface area contributed by atoms with E-state index >= 15 is 0 Å². The Labute approximate surface area is 222 Å². The van der Waals surface area contributed by atoms with Gasteiger partial charge in [-0.15, -0.1) is 5.10 Å². The van der Waals surface area contributed by atoms with Gasteiger partial charge in [0.1, 0.15) is 17.5 Å². The van der Waals surface area contributed by atoms with Gasteiger partial charge in [-0.2, -0.15) is 14.8 Å². The molecule has 2 atom stereocenters. The van der Waals surface area contributed by atoms with Gasteiger partial charge in [-0.25, -0.2) is 10.5 Å². The lowest BCUT2D eigenvalue weighted by molar-refractivity contribution is 0.561. The number of rotatable bonds is 3. The van der Waals surface area contributed by atoms with Crippen molar-refractivity contribution >= 4 is 45.8 Å². The highest BCUT2D eigenvalue weighted by Crippen LogP contribution is 2.34. The average Bonchev–Trinajstić information content (AvgIpc) is 3.49. The van der Waals surface area contributed by atoms with Gasteiger partial charge in [-0.3, -0.25) is 14.7 Å². The summed E-state index contributed by atoms with van der Waals surface area (Å²) in [7, 11) is 0. The minimum atomic E-state index is -0.479. The summed E-state index contributed by atoms with van der Waals surface area (Å²) in [5.41, 5.74) is 2.53. The van der Waals surface area contributed by atoms with E-state index in [1.54, 1.807) is 4.68 Å². The van der Waals surface area contributed by atoms with E-state index in [1.807, 2.05) is 95.9 Å². The van der Waals surface area contributed by atoms with Gasteiger partial charge in [0.2, 0.25) is 5.95 Å². The minimum absolute atomic E-state index is 0.191. The first-order valence-electron chi connectivity index (χ1n) is 12.0. The summed E-state index contributed by atoms with van der Waals surface area (Å²) >= 11 is 5.75. The van der Waals surface area contributed by atoms with Crippen molar-refractivity contribution in [3.63, 3.8) is 0 Å². The van der Waals surface area contributed by atoms with Crippen LogP contribution in [0.5, 0.6) is 0 Å². The van der Waals surface area contributed by atoms with Crippen molar-refractivity contribution in [2.45, 2.75) is 12.1 Å². The number of aromatic nitrogens is 4. The van der Waals surface area contributed by atoms with Crippen LogP contribution in [0.15, 0.2) is 107 Å². The van der Waals surface area contributed by atoms with Crippen molar-refractivity contribution in [1.29, 1.82) is 0 Å². The summed E-state index contributed by atoms with van der Waals surface area (Å²) in [6.07, 6.45) is 1.51. The summed E-state index contributed by atoms with van der Waals surface area (Å²) in [4.78, 5) is 20.6. The van der Waals surface area contributed by atoms with Gasteiger partial charge >= 0.3 is 0 Å². The molecule has 2 aliphatic rings. The molecule has 2 aliphatic heterocycles. The van der Waals surface area contributed by atoms with Gasteiger partial charge in [0, 0.05) is 5.69 Å². The second-order valence-corrected chi connectivity index (χ2v) is 9.36. The summed E-state index contributed by atoms with van der Waals surface area (Å²) in [6.45, 7) is 0. The molecule has 2 unspecified atom stereocenters. The number of hydrogen-bond donors (Lipinski definition) is 2. The Balaban J connectivity index is 1.50. The largest absolute Gasteiger partial charge is 0.349 e. The van der Waals surface area contributed by atoms with Crippen LogP contribution >= 0.6 is 12.2 Å². The molecule has 1 saturated heterocycles. The molecule has 1 fully saturated rings. The fourth-order valence-electron chi connectivity index (χ4n) is 5.01. The van der Waals surface area contributed by atoms with Gasteiger partial charge in [-0.1, -0.05) is 66.7 Å². The zero-order valence-corrected chi connectivity index (χ0v) is 20.7. The number of hydrogen-bond acceptors (Lipinski definition) is 7. The maximum Gasteiger partial charge on any atom is 0.286 e. The molecule has 0 saturated carbocycles. The standard InChI is InChI=1S/C27H21N9OS/c28-34-22(17-10-4-1-5-11-17)21-24(33(27(38)30-21)18-12-6-2-7-13-18)32-36-25(37)20-16-29-35(23(20)31-26(34)36)19-14-8-3-9-15-19/h1-16,21-22H,28H2,(H,30,38). The molecule has 0 bridgehead atoms.